The third-order valence-corrected chi connectivity index (χ3v) is 4.09. The first-order valence-electron chi connectivity index (χ1n) is 6.64. The van der Waals surface area contributed by atoms with Crippen LogP contribution in [0, 0.1) is 0 Å². The Labute approximate surface area is 107 Å². The molecule has 0 aliphatic carbocycles. The lowest BCUT2D eigenvalue weighted by molar-refractivity contribution is 0.477. The van der Waals surface area contributed by atoms with Gasteiger partial charge in [0.2, 0.25) is 0 Å². The van der Waals surface area contributed by atoms with Crippen LogP contribution in [0.2, 0.25) is 0 Å². The van der Waals surface area contributed by atoms with Crippen molar-refractivity contribution in [3.63, 3.8) is 0 Å². The fourth-order valence-electron chi connectivity index (χ4n) is 3.24. The standard InChI is InChI=1S/C15H17N3/c1-2-5-13-12(4-1)11-17-8-3-6-14(17)15-10-16-7-9-18(13)15/h1-6,8,15-16H,7,9-11H2. The van der Waals surface area contributed by atoms with Crippen molar-refractivity contribution in [3.05, 3.63) is 53.9 Å². The molecule has 0 radical (unpaired) electrons. The van der Waals surface area contributed by atoms with Crippen molar-refractivity contribution < 1.29 is 0 Å². The van der Waals surface area contributed by atoms with Gasteiger partial charge in [0.15, 0.2) is 0 Å². The number of nitrogens with one attached hydrogen (secondary N) is 1. The summed E-state index contributed by atoms with van der Waals surface area (Å²) in [6, 6.07) is 13.7. The van der Waals surface area contributed by atoms with E-state index in [1.807, 2.05) is 0 Å². The van der Waals surface area contributed by atoms with Gasteiger partial charge in [0.05, 0.1) is 6.04 Å². The summed E-state index contributed by atoms with van der Waals surface area (Å²) in [5, 5.41) is 3.52. The number of piperazine rings is 1. The van der Waals surface area contributed by atoms with Gasteiger partial charge in [-0.1, -0.05) is 18.2 Å². The van der Waals surface area contributed by atoms with Crippen LogP contribution in [0.3, 0.4) is 0 Å². The van der Waals surface area contributed by atoms with E-state index in [1.165, 1.54) is 16.9 Å². The number of hydrogen-bond donors (Lipinski definition) is 1. The molecular formula is C15H17N3. The van der Waals surface area contributed by atoms with Gasteiger partial charge in [0.1, 0.15) is 0 Å². The highest BCUT2D eigenvalue weighted by Crippen LogP contribution is 2.34. The van der Waals surface area contributed by atoms with E-state index in [-0.39, 0.29) is 0 Å². The fourth-order valence-corrected chi connectivity index (χ4v) is 3.24. The van der Waals surface area contributed by atoms with Crippen molar-refractivity contribution in [1.82, 2.24) is 9.88 Å². The molecule has 0 amide bonds. The van der Waals surface area contributed by atoms with Crippen molar-refractivity contribution in [2.24, 2.45) is 0 Å². The minimum absolute atomic E-state index is 0.470. The molecule has 92 valence electrons. The van der Waals surface area contributed by atoms with Gasteiger partial charge in [-0.3, -0.25) is 0 Å². The van der Waals surface area contributed by atoms with Crippen molar-refractivity contribution in [2.45, 2.75) is 12.6 Å². The Bertz CT molecular complexity index is 573. The fraction of sp³-hybridized carbons (Fsp3) is 0.333. The highest BCUT2D eigenvalue weighted by molar-refractivity contribution is 5.57. The second-order valence-corrected chi connectivity index (χ2v) is 5.10. The van der Waals surface area contributed by atoms with Crippen molar-refractivity contribution in [2.75, 3.05) is 24.5 Å². The third-order valence-electron chi connectivity index (χ3n) is 4.09. The molecule has 2 aliphatic heterocycles. The lowest BCUT2D eigenvalue weighted by Crippen LogP contribution is -2.46. The zero-order valence-corrected chi connectivity index (χ0v) is 10.3. The molecule has 3 nitrogen and oxygen atoms in total. The van der Waals surface area contributed by atoms with Crippen molar-refractivity contribution in [3.8, 4) is 0 Å². The SMILES string of the molecule is c1ccc2c(c1)Cn1cccc1C1CNCCN21. The molecule has 1 aromatic heterocycles. The number of para-hydroxylation sites is 1. The Balaban J connectivity index is 1.91. The number of aromatic nitrogens is 1. The molecule has 2 aromatic rings. The summed E-state index contributed by atoms with van der Waals surface area (Å²) in [6.45, 7) is 4.20. The van der Waals surface area contributed by atoms with Crippen LogP contribution in [0.15, 0.2) is 42.6 Å². The van der Waals surface area contributed by atoms with E-state index in [4.69, 9.17) is 0 Å². The Morgan fingerprint density at radius 2 is 2.06 bits per heavy atom. The summed E-state index contributed by atoms with van der Waals surface area (Å²) >= 11 is 0. The first kappa shape index (κ1) is 10.2. The topological polar surface area (TPSA) is 20.2 Å². The monoisotopic (exact) mass is 239 g/mol. The zero-order chi connectivity index (χ0) is 11.9. The Kier molecular flexibility index (Phi) is 2.20. The van der Waals surface area contributed by atoms with Crippen LogP contribution >= 0.6 is 0 Å². The average Bonchev–Trinajstić information content (AvgIpc) is 2.83. The number of anilines is 1. The summed E-state index contributed by atoms with van der Waals surface area (Å²) in [6.07, 6.45) is 2.20. The first-order chi connectivity index (χ1) is 8.93. The predicted molar refractivity (Wildman–Crippen MR) is 72.9 cm³/mol. The van der Waals surface area contributed by atoms with E-state index >= 15 is 0 Å². The summed E-state index contributed by atoms with van der Waals surface area (Å²) < 4.78 is 2.39. The van der Waals surface area contributed by atoms with Crippen LogP contribution in [0.5, 0.6) is 0 Å². The van der Waals surface area contributed by atoms with Crippen LogP contribution in [0.4, 0.5) is 5.69 Å². The molecule has 18 heavy (non-hydrogen) atoms. The maximum absolute atomic E-state index is 3.52. The van der Waals surface area contributed by atoms with Crippen LogP contribution in [0.25, 0.3) is 0 Å². The molecule has 0 bridgehead atoms. The average molecular weight is 239 g/mol. The number of hydrogen-bond acceptors (Lipinski definition) is 2. The molecule has 1 aromatic carbocycles. The van der Waals surface area contributed by atoms with Crippen LogP contribution in [0.1, 0.15) is 17.3 Å². The molecule has 4 rings (SSSR count). The normalized spacial score (nSPS) is 21.8. The van der Waals surface area contributed by atoms with Crippen molar-refractivity contribution >= 4 is 5.69 Å². The van der Waals surface area contributed by atoms with Crippen LogP contribution in [-0.4, -0.2) is 24.2 Å². The van der Waals surface area contributed by atoms with Crippen molar-refractivity contribution in [1.29, 1.82) is 0 Å². The number of fused-ring (bicyclic) bond motifs is 5. The van der Waals surface area contributed by atoms with E-state index in [1.54, 1.807) is 0 Å². The molecule has 1 saturated heterocycles. The highest BCUT2D eigenvalue weighted by atomic mass is 15.3. The molecule has 1 unspecified atom stereocenters. The summed E-state index contributed by atoms with van der Waals surface area (Å²) in [4.78, 5) is 2.56. The molecule has 0 spiro atoms. The highest BCUT2D eigenvalue weighted by Gasteiger charge is 2.29. The minimum atomic E-state index is 0.470. The van der Waals surface area contributed by atoms with E-state index in [0.717, 1.165) is 26.2 Å². The van der Waals surface area contributed by atoms with Gasteiger partial charge in [-0.2, -0.15) is 0 Å². The third kappa shape index (κ3) is 1.40. The second-order valence-electron chi connectivity index (χ2n) is 5.10. The van der Waals surface area contributed by atoms with Crippen LogP contribution < -0.4 is 10.2 Å². The molecule has 3 heterocycles. The Hall–Kier alpha value is -1.74. The van der Waals surface area contributed by atoms with Gasteiger partial charge in [-0.15, -0.1) is 0 Å². The van der Waals surface area contributed by atoms with Gasteiger partial charge >= 0.3 is 0 Å². The quantitative estimate of drug-likeness (QED) is 0.759. The van der Waals surface area contributed by atoms with Gasteiger partial charge < -0.3 is 14.8 Å². The van der Waals surface area contributed by atoms with Gasteiger partial charge in [-0.05, 0) is 23.8 Å². The molecule has 2 aliphatic rings. The van der Waals surface area contributed by atoms with E-state index < -0.39 is 0 Å². The van der Waals surface area contributed by atoms with E-state index in [2.05, 4.69) is 57.4 Å². The largest absolute Gasteiger partial charge is 0.360 e. The maximum Gasteiger partial charge on any atom is 0.0818 e. The van der Waals surface area contributed by atoms with E-state index in [9.17, 15) is 0 Å². The summed E-state index contributed by atoms with van der Waals surface area (Å²) in [7, 11) is 0. The second kappa shape index (κ2) is 3.89. The van der Waals surface area contributed by atoms with E-state index in [0.29, 0.717) is 6.04 Å². The number of benzene rings is 1. The molecule has 1 atom stereocenters. The summed E-state index contributed by atoms with van der Waals surface area (Å²) in [5.74, 6) is 0. The summed E-state index contributed by atoms with van der Waals surface area (Å²) in [5.41, 5.74) is 4.27. The smallest absolute Gasteiger partial charge is 0.0818 e. The molecular weight excluding hydrogens is 222 g/mol. The maximum atomic E-state index is 3.52. The van der Waals surface area contributed by atoms with Gasteiger partial charge in [-0.25, -0.2) is 0 Å². The van der Waals surface area contributed by atoms with Crippen LogP contribution in [-0.2, 0) is 6.54 Å². The zero-order valence-electron chi connectivity index (χ0n) is 10.3. The van der Waals surface area contributed by atoms with Gasteiger partial charge in [0, 0.05) is 43.8 Å². The lowest BCUT2D eigenvalue weighted by Gasteiger charge is -2.37. The minimum Gasteiger partial charge on any atom is -0.360 e. The molecule has 0 saturated carbocycles. The predicted octanol–water partition coefficient (Wildman–Crippen LogP) is 2.00. The molecule has 3 heteroatoms. The lowest BCUT2D eigenvalue weighted by atomic mass is 10.1. The number of rotatable bonds is 0. The molecule has 1 fully saturated rings. The Morgan fingerprint density at radius 3 is 3.06 bits per heavy atom. The number of nitrogens with zero attached hydrogens (tertiary/aromatic N) is 2. The first-order valence-corrected chi connectivity index (χ1v) is 6.64. The molecule has 1 N–H and O–H groups in total. The van der Waals surface area contributed by atoms with Gasteiger partial charge in [0.25, 0.3) is 0 Å². The Morgan fingerprint density at radius 1 is 1.11 bits per heavy atom.